The van der Waals surface area contributed by atoms with Crippen molar-refractivity contribution in [3.05, 3.63) is 60.2 Å². The van der Waals surface area contributed by atoms with Crippen molar-refractivity contribution in [2.24, 2.45) is 0 Å². The Bertz CT molecular complexity index is 1300. The number of phenolic OH excluding ortho intramolecular Hbond substituents is 1. The van der Waals surface area contributed by atoms with Gasteiger partial charge in [0, 0.05) is 16.3 Å². The van der Waals surface area contributed by atoms with Gasteiger partial charge in [-0.2, -0.15) is 16.8 Å². The van der Waals surface area contributed by atoms with Crippen molar-refractivity contribution < 1.29 is 35.8 Å². The maximum atomic E-state index is 12.4. The van der Waals surface area contributed by atoms with Gasteiger partial charge in [-0.1, -0.05) is 18.2 Å². The molecular weight excluding hydrogens is 410 g/mol. The van der Waals surface area contributed by atoms with Crippen molar-refractivity contribution in [1.82, 2.24) is 0 Å². The zero-order chi connectivity index (χ0) is 20.7. The highest BCUT2D eigenvalue weighted by Crippen LogP contribution is 2.38. The highest BCUT2D eigenvalue weighted by atomic mass is 32.2. The number of carbonyl (C=O) groups excluding carboxylic acids is 1. The standard InChI is InChI=1S/C17H13NO8S2/c19-14-6-7-15(28(24,25)26)12-8-11(27(21,22)23)9-13(16(12)14)18-17(20)10-4-2-1-3-5-10/h1-9,19H,(H,18,20)(H,21,22,23)(H,24,25,26). The van der Waals surface area contributed by atoms with E-state index in [-0.39, 0.29) is 16.6 Å². The number of nitrogens with one attached hydrogen (secondary N) is 1. The van der Waals surface area contributed by atoms with E-state index in [1.54, 1.807) is 18.2 Å². The van der Waals surface area contributed by atoms with Crippen LogP contribution in [0.15, 0.2) is 64.4 Å². The summed E-state index contributed by atoms with van der Waals surface area (Å²) in [6.07, 6.45) is 0. The fourth-order valence-corrected chi connectivity index (χ4v) is 3.88. The Morgan fingerprint density at radius 2 is 1.50 bits per heavy atom. The molecule has 0 aromatic heterocycles. The maximum absolute atomic E-state index is 12.4. The van der Waals surface area contributed by atoms with Crippen LogP contribution in [0.1, 0.15) is 10.4 Å². The summed E-state index contributed by atoms with van der Waals surface area (Å²) in [4.78, 5) is 11.0. The molecule has 0 fully saturated rings. The third-order valence-corrected chi connectivity index (χ3v) is 5.63. The molecule has 0 aliphatic heterocycles. The number of aromatic hydroxyl groups is 1. The number of hydrogen-bond donors (Lipinski definition) is 4. The zero-order valence-corrected chi connectivity index (χ0v) is 15.5. The molecule has 3 aromatic rings. The molecule has 0 bridgehead atoms. The van der Waals surface area contributed by atoms with Gasteiger partial charge in [0.2, 0.25) is 0 Å². The van der Waals surface area contributed by atoms with E-state index in [9.17, 15) is 35.8 Å². The Kier molecular flexibility index (Phi) is 4.85. The molecule has 146 valence electrons. The van der Waals surface area contributed by atoms with Crippen molar-refractivity contribution in [3.8, 4) is 5.75 Å². The van der Waals surface area contributed by atoms with Gasteiger partial charge in [-0.15, -0.1) is 0 Å². The van der Waals surface area contributed by atoms with Crippen LogP contribution in [0.25, 0.3) is 10.8 Å². The van der Waals surface area contributed by atoms with Gasteiger partial charge in [0.05, 0.1) is 10.6 Å². The van der Waals surface area contributed by atoms with E-state index in [4.69, 9.17) is 0 Å². The quantitative estimate of drug-likeness (QED) is 0.465. The topological polar surface area (TPSA) is 158 Å². The smallest absolute Gasteiger partial charge is 0.295 e. The lowest BCUT2D eigenvalue weighted by atomic mass is 10.1. The number of carbonyl (C=O) groups is 1. The molecule has 9 nitrogen and oxygen atoms in total. The summed E-state index contributed by atoms with van der Waals surface area (Å²) in [6.45, 7) is 0. The summed E-state index contributed by atoms with van der Waals surface area (Å²) in [5.41, 5.74) is -0.0692. The minimum Gasteiger partial charge on any atom is -0.507 e. The Hall–Kier alpha value is -2.99. The Balaban J connectivity index is 2.33. The predicted octanol–water partition coefficient (Wildman–Crippen LogP) is 2.29. The molecule has 0 heterocycles. The summed E-state index contributed by atoms with van der Waals surface area (Å²) in [6, 6.07) is 11.3. The molecule has 1 amide bonds. The Morgan fingerprint density at radius 3 is 2.07 bits per heavy atom. The van der Waals surface area contributed by atoms with Crippen LogP contribution in [0.2, 0.25) is 0 Å². The molecule has 0 saturated carbocycles. The monoisotopic (exact) mass is 423 g/mol. The van der Waals surface area contributed by atoms with Crippen molar-refractivity contribution >= 4 is 42.6 Å². The van der Waals surface area contributed by atoms with Gasteiger partial charge in [0.1, 0.15) is 10.6 Å². The second-order valence-corrected chi connectivity index (χ2v) is 8.56. The lowest BCUT2D eigenvalue weighted by Gasteiger charge is -2.14. The second kappa shape index (κ2) is 6.87. The van der Waals surface area contributed by atoms with Gasteiger partial charge >= 0.3 is 0 Å². The van der Waals surface area contributed by atoms with E-state index in [0.717, 1.165) is 24.3 Å². The molecule has 0 saturated heterocycles. The third kappa shape index (κ3) is 3.82. The van der Waals surface area contributed by atoms with E-state index in [1.807, 2.05) is 0 Å². The molecule has 4 N–H and O–H groups in total. The van der Waals surface area contributed by atoms with Crippen LogP contribution in [-0.2, 0) is 20.2 Å². The van der Waals surface area contributed by atoms with Crippen LogP contribution in [0.5, 0.6) is 5.75 Å². The first kappa shape index (κ1) is 19.8. The number of hydrogen-bond acceptors (Lipinski definition) is 6. The van der Waals surface area contributed by atoms with Crippen LogP contribution in [0.4, 0.5) is 5.69 Å². The van der Waals surface area contributed by atoms with Gasteiger partial charge in [-0.3, -0.25) is 13.9 Å². The largest absolute Gasteiger partial charge is 0.507 e. The molecule has 3 rings (SSSR count). The van der Waals surface area contributed by atoms with Crippen molar-refractivity contribution in [1.29, 1.82) is 0 Å². The van der Waals surface area contributed by atoms with Gasteiger partial charge in [-0.25, -0.2) is 0 Å². The summed E-state index contributed by atoms with van der Waals surface area (Å²) in [5, 5.41) is 11.9. The van der Waals surface area contributed by atoms with E-state index < -0.39 is 47.1 Å². The molecule has 3 aromatic carbocycles. The van der Waals surface area contributed by atoms with Crippen LogP contribution < -0.4 is 5.32 Å². The van der Waals surface area contributed by atoms with Gasteiger partial charge < -0.3 is 10.4 Å². The SMILES string of the molecule is O=C(Nc1cc(S(=O)(=O)O)cc2c(S(=O)(=O)O)ccc(O)c12)c1ccccc1. The van der Waals surface area contributed by atoms with Gasteiger partial charge in [0.15, 0.2) is 0 Å². The van der Waals surface area contributed by atoms with Crippen molar-refractivity contribution in [2.45, 2.75) is 9.79 Å². The van der Waals surface area contributed by atoms with Gasteiger partial charge in [-0.05, 0) is 36.4 Å². The number of anilines is 1. The number of phenols is 1. The van der Waals surface area contributed by atoms with E-state index >= 15 is 0 Å². The average molecular weight is 423 g/mol. The van der Waals surface area contributed by atoms with Crippen LogP contribution in [0, 0.1) is 0 Å². The third-order valence-electron chi connectivity index (χ3n) is 3.89. The summed E-state index contributed by atoms with van der Waals surface area (Å²) in [7, 11) is -9.61. The normalized spacial score (nSPS) is 12.1. The van der Waals surface area contributed by atoms with Gasteiger partial charge in [0.25, 0.3) is 26.1 Å². The summed E-state index contributed by atoms with van der Waals surface area (Å²) >= 11 is 0. The van der Waals surface area contributed by atoms with Crippen LogP contribution in [-0.4, -0.2) is 37.0 Å². The first-order valence-electron chi connectivity index (χ1n) is 7.59. The van der Waals surface area contributed by atoms with E-state index in [2.05, 4.69) is 5.32 Å². The molecule has 0 aliphatic rings. The molecule has 0 spiro atoms. The number of fused-ring (bicyclic) bond motifs is 1. The van der Waals surface area contributed by atoms with Crippen molar-refractivity contribution in [2.75, 3.05) is 5.32 Å². The summed E-state index contributed by atoms with van der Waals surface area (Å²) in [5.74, 6) is -1.15. The minimum absolute atomic E-state index is 0.207. The number of benzene rings is 3. The molecule has 0 atom stereocenters. The average Bonchev–Trinajstić information content (AvgIpc) is 2.60. The number of amides is 1. The van der Waals surface area contributed by atoms with E-state index in [1.165, 1.54) is 12.1 Å². The molecule has 0 aliphatic carbocycles. The first-order chi connectivity index (χ1) is 13.0. The predicted molar refractivity (Wildman–Crippen MR) is 99.6 cm³/mol. The fourth-order valence-electron chi connectivity index (χ4n) is 2.67. The van der Waals surface area contributed by atoms with E-state index in [0.29, 0.717) is 0 Å². The molecule has 28 heavy (non-hydrogen) atoms. The van der Waals surface area contributed by atoms with Crippen LogP contribution >= 0.6 is 0 Å². The second-order valence-electron chi connectivity index (χ2n) is 5.75. The highest BCUT2D eigenvalue weighted by Gasteiger charge is 2.23. The molecule has 0 unspecified atom stereocenters. The Labute approximate surface area is 159 Å². The minimum atomic E-state index is -4.81. The summed E-state index contributed by atoms with van der Waals surface area (Å²) < 4.78 is 65.3. The van der Waals surface area contributed by atoms with Crippen LogP contribution in [0.3, 0.4) is 0 Å². The zero-order valence-electron chi connectivity index (χ0n) is 13.9. The molecular formula is C17H13NO8S2. The fraction of sp³-hybridized carbons (Fsp3) is 0. The lowest BCUT2D eigenvalue weighted by molar-refractivity contribution is 0.102. The lowest BCUT2D eigenvalue weighted by Crippen LogP contribution is -2.13. The van der Waals surface area contributed by atoms with Crippen molar-refractivity contribution in [3.63, 3.8) is 0 Å². The first-order valence-corrected chi connectivity index (χ1v) is 10.5. The highest BCUT2D eigenvalue weighted by molar-refractivity contribution is 7.86. The maximum Gasteiger partial charge on any atom is 0.295 e. The molecule has 0 radical (unpaired) electrons. The molecule has 11 heteroatoms. The Morgan fingerprint density at radius 1 is 0.857 bits per heavy atom. The number of rotatable bonds is 4.